The summed E-state index contributed by atoms with van der Waals surface area (Å²) in [5, 5.41) is 5.01. The minimum atomic E-state index is -0.278. The second-order valence-corrected chi connectivity index (χ2v) is 5.54. The highest BCUT2D eigenvalue weighted by Gasteiger charge is 2.01. The third kappa shape index (κ3) is 4.08. The number of carbonyl (C=O) groups is 1. The zero-order valence-electron chi connectivity index (χ0n) is 11.9. The van der Waals surface area contributed by atoms with Crippen LogP contribution in [0.2, 0.25) is 0 Å². The van der Waals surface area contributed by atoms with Gasteiger partial charge >= 0.3 is 0 Å². The molecule has 1 N–H and O–H groups in total. The fourth-order valence-electron chi connectivity index (χ4n) is 1.90. The Morgan fingerprint density at radius 1 is 1.13 bits per heavy atom. The Morgan fingerprint density at radius 2 is 1.96 bits per heavy atom. The number of thiazole rings is 1. The van der Waals surface area contributed by atoms with Crippen LogP contribution in [0.15, 0.2) is 60.2 Å². The van der Waals surface area contributed by atoms with E-state index in [0.29, 0.717) is 5.13 Å². The predicted molar refractivity (Wildman–Crippen MR) is 89.4 cm³/mol. The SMILES string of the molecule is O=C(C=Cc1ccc(-c2ccc(F)cc2)nc1)Nc1nccs1. The van der Waals surface area contributed by atoms with Gasteiger partial charge in [0, 0.05) is 29.4 Å². The lowest BCUT2D eigenvalue weighted by Gasteiger charge is -2.01. The maximum atomic E-state index is 12.9. The molecule has 1 amide bonds. The number of pyridine rings is 1. The van der Waals surface area contributed by atoms with E-state index in [-0.39, 0.29) is 11.7 Å². The van der Waals surface area contributed by atoms with Crippen molar-refractivity contribution in [2.24, 2.45) is 0 Å². The van der Waals surface area contributed by atoms with E-state index in [1.54, 1.807) is 36.0 Å². The Balaban J connectivity index is 1.66. The summed E-state index contributed by atoms with van der Waals surface area (Å²) >= 11 is 1.36. The van der Waals surface area contributed by atoms with Gasteiger partial charge in [0.2, 0.25) is 5.91 Å². The third-order valence-corrected chi connectivity index (χ3v) is 3.70. The van der Waals surface area contributed by atoms with Gasteiger partial charge in [0.1, 0.15) is 5.82 Å². The number of rotatable bonds is 4. The van der Waals surface area contributed by atoms with Crippen LogP contribution in [-0.4, -0.2) is 15.9 Å². The number of benzene rings is 1. The first kappa shape index (κ1) is 15.1. The predicted octanol–water partition coefficient (Wildman–Crippen LogP) is 4.00. The van der Waals surface area contributed by atoms with E-state index in [4.69, 9.17) is 0 Å². The largest absolute Gasteiger partial charge is 0.298 e. The van der Waals surface area contributed by atoms with E-state index in [9.17, 15) is 9.18 Å². The first-order valence-corrected chi connectivity index (χ1v) is 7.69. The van der Waals surface area contributed by atoms with Gasteiger partial charge in [-0.05, 0) is 42.0 Å². The minimum absolute atomic E-state index is 0.248. The van der Waals surface area contributed by atoms with Crippen molar-refractivity contribution in [3.63, 3.8) is 0 Å². The second-order valence-electron chi connectivity index (χ2n) is 4.64. The molecule has 0 fully saturated rings. The third-order valence-electron chi connectivity index (χ3n) is 3.02. The lowest BCUT2D eigenvalue weighted by Crippen LogP contribution is -2.07. The standard InChI is InChI=1S/C17H12FN3OS/c18-14-5-3-13(4-6-14)15-7-1-12(11-20-15)2-8-16(22)21-17-19-9-10-23-17/h1-11H,(H,19,21,22). The number of anilines is 1. The molecule has 4 nitrogen and oxygen atoms in total. The van der Waals surface area contributed by atoms with Crippen LogP contribution in [0.4, 0.5) is 9.52 Å². The Morgan fingerprint density at radius 3 is 2.61 bits per heavy atom. The smallest absolute Gasteiger partial charge is 0.250 e. The van der Waals surface area contributed by atoms with Crippen molar-refractivity contribution >= 4 is 28.5 Å². The molecule has 0 unspecified atom stereocenters. The molecule has 0 atom stereocenters. The normalized spacial score (nSPS) is 10.8. The summed E-state index contributed by atoms with van der Waals surface area (Å²) in [6.45, 7) is 0. The molecule has 0 saturated carbocycles. The Bertz CT molecular complexity index is 812. The summed E-state index contributed by atoms with van der Waals surface area (Å²) in [6.07, 6.45) is 6.38. The molecule has 1 aromatic carbocycles. The number of nitrogens with zero attached hydrogens (tertiary/aromatic N) is 2. The van der Waals surface area contributed by atoms with E-state index in [2.05, 4.69) is 15.3 Å². The molecular weight excluding hydrogens is 313 g/mol. The molecular formula is C17H12FN3OS. The summed E-state index contributed by atoms with van der Waals surface area (Å²) in [7, 11) is 0. The molecule has 3 rings (SSSR count). The van der Waals surface area contributed by atoms with Crippen LogP contribution in [0.1, 0.15) is 5.56 Å². The van der Waals surface area contributed by atoms with Crippen molar-refractivity contribution in [1.82, 2.24) is 9.97 Å². The molecule has 0 bridgehead atoms. The molecule has 2 aromatic heterocycles. The van der Waals surface area contributed by atoms with Gasteiger partial charge in [-0.25, -0.2) is 9.37 Å². The number of carbonyl (C=O) groups excluding carboxylic acids is 1. The van der Waals surface area contributed by atoms with Gasteiger partial charge in [-0.3, -0.25) is 15.1 Å². The van der Waals surface area contributed by atoms with Crippen LogP contribution in [0.5, 0.6) is 0 Å². The number of nitrogens with one attached hydrogen (secondary N) is 1. The van der Waals surface area contributed by atoms with Gasteiger partial charge in [-0.2, -0.15) is 0 Å². The zero-order valence-corrected chi connectivity index (χ0v) is 12.8. The lowest BCUT2D eigenvalue weighted by atomic mass is 10.1. The van der Waals surface area contributed by atoms with Crippen LogP contribution < -0.4 is 5.32 Å². The summed E-state index contributed by atoms with van der Waals surface area (Å²) < 4.78 is 12.9. The van der Waals surface area contributed by atoms with Crippen molar-refractivity contribution in [2.45, 2.75) is 0 Å². The zero-order chi connectivity index (χ0) is 16.1. The maximum absolute atomic E-state index is 12.9. The van der Waals surface area contributed by atoms with Gasteiger partial charge in [0.15, 0.2) is 5.13 Å². The highest BCUT2D eigenvalue weighted by molar-refractivity contribution is 7.13. The minimum Gasteiger partial charge on any atom is -0.298 e. The lowest BCUT2D eigenvalue weighted by molar-refractivity contribution is -0.111. The maximum Gasteiger partial charge on any atom is 0.250 e. The van der Waals surface area contributed by atoms with Gasteiger partial charge < -0.3 is 0 Å². The van der Waals surface area contributed by atoms with Crippen molar-refractivity contribution < 1.29 is 9.18 Å². The monoisotopic (exact) mass is 325 g/mol. The van der Waals surface area contributed by atoms with Gasteiger partial charge in [0.25, 0.3) is 0 Å². The second kappa shape index (κ2) is 6.93. The van der Waals surface area contributed by atoms with Crippen LogP contribution in [0.25, 0.3) is 17.3 Å². The average molecular weight is 325 g/mol. The molecule has 2 heterocycles. The molecule has 0 spiro atoms. The Hall–Kier alpha value is -2.86. The highest BCUT2D eigenvalue weighted by atomic mass is 32.1. The number of halogens is 1. The van der Waals surface area contributed by atoms with Gasteiger partial charge in [-0.1, -0.05) is 6.07 Å². The molecule has 23 heavy (non-hydrogen) atoms. The van der Waals surface area contributed by atoms with Crippen LogP contribution in [0.3, 0.4) is 0 Å². The number of amides is 1. The number of hydrogen-bond acceptors (Lipinski definition) is 4. The van der Waals surface area contributed by atoms with Crippen molar-refractivity contribution in [3.8, 4) is 11.3 Å². The van der Waals surface area contributed by atoms with Gasteiger partial charge in [0.05, 0.1) is 5.69 Å². The van der Waals surface area contributed by atoms with E-state index in [0.717, 1.165) is 16.8 Å². The molecule has 0 aliphatic carbocycles. The molecule has 114 valence electrons. The highest BCUT2D eigenvalue weighted by Crippen LogP contribution is 2.17. The van der Waals surface area contributed by atoms with Crippen molar-refractivity contribution in [2.75, 3.05) is 5.32 Å². The van der Waals surface area contributed by atoms with Crippen LogP contribution in [0, 0.1) is 5.82 Å². The van der Waals surface area contributed by atoms with Crippen LogP contribution in [-0.2, 0) is 4.79 Å². The van der Waals surface area contributed by atoms with E-state index >= 15 is 0 Å². The van der Waals surface area contributed by atoms with Gasteiger partial charge in [-0.15, -0.1) is 11.3 Å². The summed E-state index contributed by atoms with van der Waals surface area (Å²) in [6, 6.07) is 9.81. The first-order valence-electron chi connectivity index (χ1n) is 6.81. The average Bonchev–Trinajstić information content (AvgIpc) is 3.07. The molecule has 6 heteroatoms. The van der Waals surface area contributed by atoms with Crippen molar-refractivity contribution in [3.05, 3.63) is 71.6 Å². The summed E-state index contributed by atoms with van der Waals surface area (Å²) in [5.74, 6) is -0.526. The Kier molecular flexibility index (Phi) is 4.54. The fraction of sp³-hybridized carbons (Fsp3) is 0. The number of aromatic nitrogens is 2. The van der Waals surface area contributed by atoms with Crippen LogP contribution >= 0.6 is 11.3 Å². The molecule has 0 aliphatic rings. The number of hydrogen-bond donors (Lipinski definition) is 1. The first-order chi connectivity index (χ1) is 11.2. The van der Waals surface area contributed by atoms with E-state index in [1.807, 2.05) is 12.1 Å². The quantitative estimate of drug-likeness (QED) is 0.738. The molecule has 3 aromatic rings. The molecule has 0 radical (unpaired) electrons. The Labute approximate surface area is 136 Å². The van der Waals surface area contributed by atoms with Crippen molar-refractivity contribution in [1.29, 1.82) is 0 Å². The topological polar surface area (TPSA) is 54.9 Å². The fourth-order valence-corrected chi connectivity index (χ4v) is 2.43. The van der Waals surface area contributed by atoms with E-state index in [1.165, 1.54) is 29.5 Å². The summed E-state index contributed by atoms with van der Waals surface area (Å²) in [5.41, 5.74) is 2.38. The molecule has 0 aliphatic heterocycles. The molecule has 0 saturated heterocycles. The van der Waals surface area contributed by atoms with E-state index < -0.39 is 0 Å². The summed E-state index contributed by atoms with van der Waals surface area (Å²) in [4.78, 5) is 20.0.